The van der Waals surface area contributed by atoms with Crippen LogP contribution in [0.3, 0.4) is 0 Å². The number of hydrogen-bond acceptors (Lipinski definition) is 2. The number of rotatable bonds is 2. The van der Waals surface area contributed by atoms with Crippen molar-refractivity contribution in [1.29, 1.82) is 0 Å². The fourth-order valence-electron chi connectivity index (χ4n) is 3.78. The molecule has 2 atom stereocenters. The number of carboxylic acids is 1. The number of carbonyl (C=O) groups is 1. The molecular formula is C16H20FNO2. The Kier molecular flexibility index (Phi) is 3.28. The standard InChI is InChI=1S/C16H20FNO2/c1-16(15(19)20)9-2-3-10-18(16)14-8-7-11-12(14)5-4-6-13(11)17/h4-6,14H,2-3,7-10H2,1H3,(H,19,20). The summed E-state index contributed by atoms with van der Waals surface area (Å²) < 4.78 is 13.8. The molecule has 1 aromatic carbocycles. The summed E-state index contributed by atoms with van der Waals surface area (Å²) in [5, 5.41) is 9.62. The van der Waals surface area contributed by atoms with Crippen LogP contribution < -0.4 is 0 Å². The number of carboxylic acid groups (broad SMARTS) is 1. The summed E-state index contributed by atoms with van der Waals surface area (Å²) in [5.74, 6) is -0.916. The molecule has 0 radical (unpaired) electrons. The minimum Gasteiger partial charge on any atom is -0.480 e. The first-order valence-corrected chi connectivity index (χ1v) is 7.31. The van der Waals surface area contributed by atoms with E-state index >= 15 is 0 Å². The highest BCUT2D eigenvalue weighted by atomic mass is 19.1. The first-order valence-electron chi connectivity index (χ1n) is 7.31. The Morgan fingerprint density at radius 3 is 3.00 bits per heavy atom. The third-order valence-electron chi connectivity index (χ3n) is 4.97. The van der Waals surface area contributed by atoms with Crippen molar-refractivity contribution in [1.82, 2.24) is 4.90 Å². The zero-order valence-electron chi connectivity index (χ0n) is 11.7. The van der Waals surface area contributed by atoms with Gasteiger partial charge in [0.05, 0.1) is 0 Å². The zero-order valence-corrected chi connectivity index (χ0v) is 11.7. The third kappa shape index (κ3) is 1.94. The molecule has 2 unspecified atom stereocenters. The molecule has 0 saturated carbocycles. The lowest BCUT2D eigenvalue weighted by atomic mass is 9.86. The maximum absolute atomic E-state index is 13.8. The lowest BCUT2D eigenvalue weighted by molar-refractivity contribution is -0.155. The predicted molar refractivity (Wildman–Crippen MR) is 74.1 cm³/mol. The van der Waals surface area contributed by atoms with Crippen molar-refractivity contribution in [2.75, 3.05) is 6.54 Å². The number of fused-ring (bicyclic) bond motifs is 1. The Hall–Kier alpha value is -1.42. The molecule has 3 nitrogen and oxygen atoms in total. The van der Waals surface area contributed by atoms with Crippen LogP contribution in [0.15, 0.2) is 18.2 Å². The van der Waals surface area contributed by atoms with Crippen molar-refractivity contribution in [2.24, 2.45) is 0 Å². The van der Waals surface area contributed by atoms with E-state index in [1.165, 1.54) is 6.07 Å². The monoisotopic (exact) mass is 277 g/mol. The van der Waals surface area contributed by atoms with Gasteiger partial charge in [-0.25, -0.2) is 4.39 Å². The number of hydrogen-bond donors (Lipinski definition) is 1. The fourth-order valence-corrected chi connectivity index (χ4v) is 3.78. The molecule has 1 aliphatic heterocycles. The summed E-state index contributed by atoms with van der Waals surface area (Å²) in [4.78, 5) is 13.8. The minimum absolute atomic E-state index is 0.0436. The molecular weight excluding hydrogens is 257 g/mol. The Morgan fingerprint density at radius 2 is 2.25 bits per heavy atom. The minimum atomic E-state index is -0.823. The molecule has 108 valence electrons. The van der Waals surface area contributed by atoms with Gasteiger partial charge in [0.15, 0.2) is 0 Å². The van der Waals surface area contributed by atoms with Crippen LogP contribution in [0, 0.1) is 5.82 Å². The highest BCUT2D eigenvalue weighted by molar-refractivity contribution is 5.78. The fraction of sp³-hybridized carbons (Fsp3) is 0.562. The van der Waals surface area contributed by atoms with Crippen molar-refractivity contribution in [3.8, 4) is 0 Å². The van der Waals surface area contributed by atoms with Crippen LogP contribution in [0.4, 0.5) is 4.39 Å². The lowest BCUT2D eigenvalue weighted by Crippen LogP contribution is -2.55. The molecule has 4 heteroatoms. The van der Waals surface area contributed by atoms with Crippen molar-refractivity contribution < 1.29 is 14.3 Å². The predicted octanol–water partition coefficient (Wildman–Crippen LogP) is 3.14. The van der Waals surface area contributed by atoms with Crippen LogP contribution in [-0.4, -0.2) is 28.1 Å². The van der Waals surface area contributed by atoms with Crippen LogP contribution in [0.1, 0.15) is 49.8 Å². The Bertz CT molecular complexity index is 545. The van der Waals surface area contributed by atoms with Gasteiger partial charge in [0.1, 0.15) is 11.4 Å². The van der Waals surface area contributed by atoms with E-state index in [4.69, 9.17) is 0 Å². The zero-order chi connectivity index (χ0) is 14.3. The first kappa shape index (κ1) is 13.6. The van der Waals surface area contributed by atoms with E-state index in [2.05, 4.69) is 4.90 Å². The van der Waals surface area contributed by atoms with Crippen molar-refractivity contribution in [2.45, 2.75) is 50.6 Å². The summed E-state index contributed by atoms with van der Waals surface area (Å²) in [6.07, 6.45) is 4.16. The van der Waals surface area contributed by atoms with Crippen molar-refractivity contribution >= 4 is 5.97 Å². The average molecular weight is 277 g/mol. The van der Waals surface area contributed by atoms with Crippen molar-refractivity contribution in [3.05, 3.63) is 35.1 Å². The van der Waals surface area contributed by atoms with Gasteiger partial charge in [-0.05, 0) is 62.8 Å². The molecule has 20 heavy (non-hydrogen) atoms. The number of aliphatic carboxylic acids is 1. The van der Waals surface area contributed by atoms with E-state index in [9.17, 15) is 14.3 Å². The van der Waals surface area contributed by atoms with Gasteiger partial charge in [-0.3, -0.25) is 9.69 Å². The second kappa shape index (κ2) is 4.85. The van der Waals surface area contributed by atoms with Crippen LogP contribution >= 0.6 is 0 Å². The van der Waals surface area contributed by atoms with E-state index in [-0.39, 0.29) is 11.9 Å². The molecule has 3 rings (SSSR count). The smallest absolute Gasteiger partial charge is 0.323 e. The van der Waals surface area contributed by atoms with E-state index in [0.717, 1.165) is 36.9 Å². The number of likely N-dealkylation sites (tertiary alicyclic amines) is 1. The molecule has 1 aliphatic carbocycles. The summed E-state index contributed by atoms with van der Waals surface area (Å²) in [6.45, 7) is 2.59. The highest BCUT2D eigenvalue weighted by Gasteiger charge is 2.46. The maximum Gasteiger partial charge on any atom is 0.323 e. The van der Waals surface area contributed by atoms with Crippen LogP contribution in [0.5, 0.6) is 0 Å². The normalized spacial score (nSPS) is 30.2. The van der Waals surface area contributed by atoms with E-state index in [0.29, 0.717) is 12.8 Å². The topological polar surface area (TPSA) is 40.5 Å². The molecule has 1 N–H and O–H groups in total. The molecule has 2 aliphatic rings. The quantitative estimate of drug-likeness (QED) is 0.902. The van der Waals surface area contributed by atoms with Gasteiger partial charge in [0.25, 0.3) is 0 Å². The summed E-state index contributed by atoms with van der Waals surface area (Å²) in [5.41, 5.74) is 0.937. The van der Waals surface area contributed by atoms with Crippen LogP contribution in [0.2, 0.25) is 0 Å². The summed E-state index contributed by atoms with van der Waals surface area (Å²) >= 11 is 0. The van der Waals surface area contributed by atoms with Crippen molar-refractivity contribution in [3.63, 3.8) is 0 Å². The van der Waals surface area contributed by atoms with Gasteiger partial charge in [0, 0.05) is 6.04 Å². The van der Waals surface area contributed by atoms with Gasteiger partial charge in [-0.2, -0.15) is 0 Å². The van der Waals surface area contributed by atoms with Crippen LogP contribution in [-0.2, 0) is 11.2 Å². The van der Waals surface area contributed by atoms with Crippen LogP contribution in [0.25, 0.3) is 0 Å². The molecule has 0 spiro atoms. The Labute approximate surface area is 118 Å². The van der Waals surface area contributed by atoms with Gasteiger partial charge in [-0.15, -0.1) is 0 Å². The first-order chi connectivity index (χ1) is 9.54. The van der Waals surface area contributed by atoms with Gasteiger partial charge in [-0.1, -0.05) is 12.1 Å². The van der Waals surface area contributed by atoms with Gasteiger partial charge >= 0.3 is 5.97 Å². The van der Waals surface area contributed by atoms with E-state index in [1.807, 2.05) is 13.0 Å². The largest absolute Gasteiger partial charge is 0.480 e. The number of nitrogens with zero attached hydrogens (tertiary/aromatic N) is 1. The van der Waals surface area contributed by atoms with Gasteiger partial charge in [0.2, 0.25) is 0 Å². The molecule has 1 aromatic rings. The SMILES string of the molecule is CC1(C(=O)O)CCCCN1C1CCc2c(F)cccc21. The highest BCUT2D eigenvalue weighted by Crippen LogP contribution is 2.43. The van der Waals surface area contributed by atoms with E-state index in [1.54, 1.807) is 6.07 Å². The number of halogens is 1. The Morgan fingerprint density at radius 1 is 1.45 bits per heavy atom. The third-order valence-corrected chi connectivity index (χ3v) is 4.97. The van der Waals surface area contributed by atoms with E-state index < -0.39 is 11.5 Å². The number of piperidine rings is 1. The maximum atomic E-state index is 13.8. The second-order valence-electron chi connectivity index (χ2n) is 6.09. The second-order valence-corrected chi connectivity index (χ2v) is 6.09. The summed E-state index contributed by atoms with van der Waals surface area (Å²) in [6, 6.07) is 5.22. The molecule has 1 heterocycles. The van der Waals surface area contributed by atoms with Gasteiger partial charge < -0.3 is 5.11 Å². The average Bonchev–Trinajstić information content (AvgIpc) is 2.84. The molecule has 0 aromatic heterocycles. The molecule has 0 amide bonds. The summed E-state index contributed by atoms with van der Waals surface area (Å²) in [7, 11) is 0. The lowest BCUT2D eigenvalue weighted by Gasteiger charge is -2.45. The molecule has 1 fully saturated rings. The number of benzene rings is 1. The Balaban J connectivity index is 1.98. The molecule has 1 saturated heterocycles. The molecule has 0 bridgehead atoms.